The number of anilines is 3. The van der Waals surface area contributed by atoms with Gasteiger partial charge in [-0.2, -0.15) is 18.4 Å². The molecule has 0 saturated heterocycles. The van der Waals surface area contributed by atoms with Crippen LogP contribution in [0, 0.1) is 17.1 Å². The third-order valence-corrected chi connectivity index (χ3v) is 2.72. The SMILES string of the molecule is N#Cc1ccc(Nc2ccc(N)cc2C(F)(F)F)c(F)c1. The molecule has 0 spiro atoms. The van der Waals surface area contributed by atoms with E-state index in [1.54, 1.807) is 6.07 Å². The van der Waals surface area contributed by atoms with Crippen LogP contribution >= 0.6 is 0 Å². The number of alkyl halides is 3. The Morgan fingerprint density at radius 2 is 1.71 bits per heavy atom. The van der Waals surface area contributed by atoms with Crippen LogP contribution in [0.3, 0.4) is 0 Å². The normalized spacial score (nSPS) is 11.0. The van der Waals surface area contributed by atoms with E-state index in [4.69, 9.17) is 11.0 Å². The van der Waals surface area contributed by atoms with Gasteiger partial charge in [-0.3, -0.25) is 0 Å². The smallest absolute Gasteiger partial charge is 0.399 e. The van der Waals surface area contributed by atoms with E-state index in [1.807, 2.05) is 0 Å². The highest BCUT2D eigenvalue weighted by Crippen LogP contribution is 2.37. The van der Waals surface area contributed by atoms with E-state index < -0.39 is 17.6 Å². The van der Waals surface area contributed by atoms with Crippen molar-refractivity contribution in [1.82, 2.24) is 0 Å². The van der Waals surface area contributed by atoms with Crippen LogP contribution in [0.15, 0.2) is 36.4 Å². The molecule has 3 N–H and O–H groups in total. The minimum atomic E-state index is -4.62. The molecule has 0 atom stereocenters. The van der Waals surface area contributed by atoms with Gasteiger partial charge in [-0.05, 0) is 36.4 Å². The van der Waals surface area contributed by atoms with Crippen LogP contribution in [0.4, 0.5) is 34.6 Å². The van der Waals surface area contributed by atoms with E-state index in [9.17, 15) is 17.6 Å². The number of hydrogen-bond donors (Lipinski definition) is 2. The first-order valence-electron chi connectivity index (χ1n) is 5.74. The molecule has 2 aromatic carbocycles. The molecule has 0 fully saturated rings. The summed E-state index contributed by atoms with van der Waals surface area (Å²) in [7, 11) is 0. The van der Waals surface area contributed by atoms with E-state index in [2.05, 4.69) is 5.32 Å². The van der Waals surface area contributed by atoms with E-state index >= 15 is 0 Å². The van der Waals surface area contributed by atoms with E-state index in [0.717, 1.165) is 18.2 Å². The number of halogens is 4. The maximum atomic E-state index is 13.7. The van der Waals surface area contributed by atoms with Crippen LogP contribution in [0.2, 0.25) is 0 Å². The highest BCUT2D eigenvalue weighted by atomic mass is 19.4. The number of hydrogen-bond acceptors (Lipinski definition) is 3. The van der Waals surface area contributed by atoms with Gasteiger partial charge in [-0.1, -0.05) is 0 Å². The van der Waals surface area contributed by atoms with Crippen LogP contribution < -0.4 is 11.1 Å². The fourth-order valence-corrected chi connectivity index (χ4v) is 1.74. The molecule has 0 radical (unpaired) electrons. The van der Waals surface area contributed by atoms with Gasteiger partial charge in [0.05, 0.1) is 28.6 Å². The van der Waals surface area contributed by atoms with Crippen LogP contribution in [-0.4, -0.2) is 0 Å². The Morgan fingerprint density at radius 1 is 1.05 bits per heavy atom. The number of nitriles is 1. The minimum absolute atomic E-state index is 0.0480. The molecule has 2 rings (SSSR count). The topological polar surface area (TPSA) is 61.8 Å². The minimum Gasteiger partial charge on any atom is -0.399 e. The first kappa shape index (κ1) is 14.7. The van der Waals surface area contributed by atoms with Gasteiger partial charge in [-0.15, -0.1) is 0 Å². The summed E-state index contributed by atoms with van der Waals surface area (Å²) in [5.41, 5.74) is 3.90. The maximum Gasteiger partial charge on any atom is 0.418 e. The number of nitrogens with zero attached hydrogens (tertiary/aromatic N) is 1. The second-order valence-corrected chi connectivity index (χ2v) is 4.23. The molecule has 0 amide bonds. The largest absolute Gasteiger partial charge is 0.418 e. The molecule has 0 bridgehead atoms. The molecule has 2 aromatic rings. The predicted molar refractivity (Wildman–Crippen MR) is 70.3 cm³/mol. The maximum absolute atomic E-state index is 13.7. The number of nitrogen functional groups attached to an aromatic ring is 1. The molecule has 0 saturated carbocycles. The second-order valence-electron chi connectivity index (χ2n) is 4.23. The average molecular weight is 295 g/mol. The summed E-state index contributed by atoms with van der Waals surface area (Å²) in [6, 6.07) is 8.34. The lowest BCUT2D eigenvalue weighted by Gasteiger charge is -2.15. The summed E-state index contributed by atoms with van der Waals surface area (Å²) >= 11 is 0. The molecule has 21 heavy (non-hydrogen) atoms. The lowest BCUT2D eigenvalue weighted by atomic mass is 10.1. The monoisotopic (exact) mass is 295 g/mol. The molecule has 0 aliphatic rings. The summed E-state index contributed by atoms with van der Waals surface area (Å²) in [4.78, 5) is 0. The Labute approximate surface area is 117 Å². The summed E-state index contributed by atoms with van der Waals surface area (Å²) < 4.78 is 52.5. The highest BCUT2D eigenvalue weighted by molar-refractivity contribution is 5.67. The van der Waals surface area contributed by atoms with Crippen molar-refractivity contribution < 1.29 is 17.6 Å². The molecule has 0 aliphatic carbocycles. The van der Waals surface area contributed by atoms with Gasteiger partial charge in [0.15, 0.2) is 0 Å². The number of rotatable bonds is 2. The van der Waals surface area contributed by atoms with Crippen molar-refractivity contribution in [3.63, 3.8) is 0 Å². The molecule has 108 valence electrons. The second kappa shape index (κ2) is 5.32. The van der Waals surface area contributed by atoms with Crippen LogP contribution in [0.25, 0.3) is 0 Å². The third-order valence-electron chi connectivity index (χ3n) is 2.72. The van der Waals surface area contributed by atoms with Crippen molar-refractivity contribution in [1.29, 1.82) is 5.26 Å². The van der Waals surface area contributed by atoms with Crippen molar-refractivity contribution in [2.75, 3.05) is 11.1 Å². The first-order chi connectivity index (χ1) is 9.81. The van der Waals surface area contributed by atoms with Gasteiger partial charge in [0.25, 0.3) is 0 Å². The van der Waals surface area contributed by atoms with Gasteiger partial charge in [0.2, 0.25) is 0 Å². The molecule has 0 heterocycles. The van der Waals surface area contributed by atoms with Gasteiger partial charge in [-0.25, -0.2) is 4.39 Å². The van der Waals surface area contributed by atoms with Crippen LogP contribution in [-0.2, 0) is 6.18 Å². The Kier molecular flexibility index (Phi) is 3.72. The number of nitrogens with two attached hydrogens (primary N) is 1. The van der Waals surface area contributed by atoms with Gasteiger partial charge >= 0.3 is 6.18 Å². The fourth-order valence-electron chi connectivity index (χ4n) is 1.74. The van der Waals surface area contributed by atoms with E-state index in [-0.39, 0.29) is 22.6 Å². The third kappa shape index (κ3) is 3.23. The zero-order valence-corrected chi connectivity index (χ0v) is 10.5. The van der Waals surface area contributed by atoms with Crippen molar-refractivity contribution in [2.24, 2.45) is 0 Å². The average Bonchev–Trinajstić information content (AvgIpc) is 2.41. The summed E-state index contributed by atoms with van der Waals surface area (Å²) in [6.45, 7) is 0. The highest BCUT2D eigenvalue weighted by Gasteiger charge is 2.33. The predicted octanol–water partition coefficient (Wildman–Crippen LogP) is 4.04. The van der Waals surface area contributed by atoms with Crippen molar-refractivity contribution in [2.45, 2.75) is 6.18 Å². The zero-order valence-electron chi connectivity index (χ0n) is 10.5. The van der Waals surface area contributed by atoms with E-state index in [1.165, 1.54) is 18.2 Å². The standard InChI is InChI=1S/C14H9F4N3/c15-11-5-8(7-19)1-3-13(11)21-12-4-2-9(20)6-10(12)14(16,17)18/h1-6,21H,20H2. The Hall–Kier alpha value is -2.75. The molecule has 0 aliphatic heterocycles. The molecular formula is C14H9F4N3. The molecule has 0 aromatic heterocycles. The van der Waals surface area contributed by atoms with Crippen LogP contribution in [0.1, 0.15) is 11.1 Å². The lowest BCUT2D eigenvalue weighted by Crippen LogP contribution is -2.10. The summed E-state index contributed by atoms with van der Waals surface area (Å²) in [5, 5.41) is 11.0. The van der Waals surface area contributed by atoms with Crippen molar-refractivity contribution >= 4 is 17.1 Å². The van der Waals surface area contributed by atoms with Crippen molar-refractivity contribution in [3.8, 4) is 6.07 Å². The Morgan fingerprint density at radius 3 is 2.29 bits per heavy atom. The molecule has 0 unspecified atom stereocenters. The summed E-state index contributed by atoms with van der Waals surface area (Å²) in [6.07, 6.45) is -4.62. The Bertz CT molecular complexity index is 717. The fraction of sp³-hybridized carbons (Fsp3) is 0.0714. The molecule has 3 nitrogen and oxygen atoms in total. The van der Waals surface area contributed by atoms with Gasteiger partial charge in [0, 0.05) is 5.69 Å². The molecule has 7 heteroatoms. The number of benzene rings is 2. The van der Waals surface area contributed by atoms with Gasteiger partial charge < -0.3 is 11.1 Å². The Balaban J connectivity index is 2.43. The molecular weight excluding hydrogens is 286 g/mol. The lowest BCUT2D eigenvalue weighted by molar-refractivity contribution is -0.136. The van der Waals surface area contributed by atoms with E-state index in [0.29, 0.717) is 0 Å². The van der Waals surface area contributed by atoms with Gasteiger partial charge in [0.1, 0.15) is 5.82 Å². The zero-order chi connectivity index (χ0) is 15.6. The summed E-state index contributed by atoms with van der Waals surface area (Å²) in [5.74, 6) is -0.820. The first-order valence-corrected chi connectivity index (χ1v) is 5.74. The quantitative estimate of drug-likeness (QED) is 0.649. The van der Waals surface area contributed by atoms with Crippen molar-refractivity contribution in [3.05, 3.63) is 53.3 Å². The number of nitrogens with one attached hydrogen (secondary N) is 1. The van der Waals surface area contributed by atoms with Crippen LogP contribution in [0.5, 0.6) is 0 Å².